The molecule has 1 aromatic rings. The van der Waals surface area contributed by atoms with Crippen LogP contribution in [0, 0.1) is 0 Å². The zero-order valence-electron chi connectivity index (χ0n) is 13.0. The molecule has 0 saturated carbocycles. The lowest BCUT2D eigenvalue weighted by molar-refractivity contribution is -0.135. The molecule has 2 aliphatic carbocycles. The molecule has 0 radical (unpaired) electrons. The van der Waals surface area contributed by atoms with Crippen LogP contribution in [0.15, 0.2) is 30.4 Å². The Morgan fingerprint density at radius 2 is 2.23 bits per heavy atom. The summed E-state index contributed by atoms with van der Waals surface area (Å²) < 4.78 is 5.38. The summed E-state index contributed by atoms with van der Waals surface area (Å²) in [6.45, 7) is 0.894. The second-order valence-electron chi connectivity index (χ2n) is 6.86. The minimum Gasteiger partial charge on any atom is -0.497 e. The summed E-state index contributed by atoms with van der Waals surface area (Å²) >= 11 is 0. The first-order chi connectivity index (χ1) is 10.5. The van der Waals surface area contributed by atoms with Crippen molar-refractivity contribution in [3.05, 3.63) is 41.5 Å². The van der Waals surface area contributed by atoms with Crippen LogP contribution in [0.25, 0.3) is 0 Å². The van der Waals surface area contributed by atoms with Gasteiger partial charge in [-0.2, -0.15) is 0 Å². The summed E-state index contributed by atoms with van der Waals surface area (Å²) in [4.78, 5) is 14.4. The van der Waals surface area contributed by atoms with Gasteiger partial charge >= 0.3 is 0 Å². The number of likely N-dealkylation sites (N-methyl/N-ethyl adjacent to an activating group) is 1. The van der Waals surface area contributed by atoms with E-state index < -0.39 is 11.0 Å². The number of hydrogen-bond acceptors (Lipinski definition) is 4. The molecule has 4 heteroatoms. The molecule has 0 aromatic heterocycles. The first-order valence-electron chi connectivity index (χ1n) is 7.82. The third kappa shape index (κ3) is 1.57. The van der Waals surface area contributed by atoms with E-state index in [1.165, 1.54) is 5.56 Å². The van der Waals surface area contributed by atoms with Crippen molar-refractivity contribution in [2.75, 3.05) is 20.7 Å². The van der Waals surface area contributed by atoms with Gasteiger partial charge in [0.15, 0.2) is 5.78 Å². The highest BCUT2D eigenvalue weighted by atomic mass is 16.5. The molecule has 1 fully saturated rings. The fourth-order valence-electron chi connectivity index (χ4n) is 4.73. The smallest absolute Gasteiger partial charge is 0.156 e. The Balaban J connectivity index is 1.99. The van der Waals surface area contributed by atoms with E-state index in [4.69, 9.17) is 4.74 Å². The monoisotopic (exact) mass is 299 g/mol. The van der Waals surface area contributed by atoms with E-state index in [2.05, 4.69) is 18.0 Å². The molecule has 3 aliphatic rings. The van der Waals surface area contributed by atoms with Crippen LogP contribution >= 0.6 is 0 Å². The van der Waals surface area contributed by atoms with Crippen molar-refractivity contribution in [3.8, 4) is 5.75 Å². The SMILES string of the molecule is COc1ccc2c(c1)[C@]13CCN(C)[C@H](C2)[C@]1(O)C=CC(=O)C3. The van der Waals surface area contributed by atoms with Gasteiger partial charge < -0.3 is 9.84 Å². The molecular weight excluding hydrogens is 278 g/mol. The van der Waals surface area contributed by atoms with E-state index >= 15 is 0 Å². The fraction of sp³-hybridized carbons (Fsp3) is 0.500. The van der Waals surface area contributed by atoms with Crippen LogP contribution in [-0.2, 0) is 16.6 Å². The lowest BCUT2D eigenvalue weighted by atomic mass is 9.51. The predicted molar refractivity (Wildman–Crippen MR) is 83.1 cm³/mol. The number of aliphatic hydroxyl groups is 1. The predicted octanol–water partition coefficient (Wildman–Crippen LogP) is 1.45. The summed E-state index contributed by atoms with van der Waals surface area (Å²) in [5.74, 6) is 0.888. The Morgan fingerprint density at radius 3 is 3.00 bits per heavy atom. The zero-order valence-corrected chi connectivity index (χ0v) is 13.0. The van der Waals surface area contributed by atoms with E-state index in [0.717, 1.165) is 30.7 Å². The summed E-state index contributed by atoms with van der Waals surface area (Å²) in [5.41, 5.74) is 0.826. The van der Waals surface area contributed by atoms with Gasteiger partial charge in [0, 0.05) is 17.9 Å². The molecule has 0 spiro atoms. The minimum absolute atomic E-state index is 0.0199. The average Bonchev–Trinajstić information content (AvgIpc) is 2.51. The Hall–Kier alpha value is -1.65. The maximum absolute atomic E-state index is 12.2. The van der Waals surface area contributed by atoms with Crippen molar-refractivity contribution in [2.45, 2.75) is 36.3 Å². The summed E-state index contributed by atoms with van der Waals surface area (Å²) in [5, 5.41) is 11.5. The van der Waals surface area contributed by atoms with E-state index in [1.807, 2.05) is 12.1 Å². The Morgan fingerprint density at radius 1 is 1.41 bits per heavy atom. The molecule has 1 N–H and O–H groups in total. The van der Waals surface area contributed by atoms with Gasteiger partial charge in [-0.1, -0.05) is 6.07 Å². The van der Waals surface area contributed by atoms with Crippen molar-refractivity contribution in [2.24, 2.45) is 0 Å². The number of allylic oxidation sites excluding steroid dienone is 1. The Labute approximate surface area is 130 Å². The van der Waals surface area contributed by atoms with Crippen LogP contribution in [-0.4, -0.2) is 48.1 Å². The van der Waals surface area contributed by atoms with E-state index in [0.29, 0.717) is 6.42 Å². The molecular formula is C18H21NO3. The number of hydrogen-bond donors (Lipinski definition) is 1. The van der Waals surface area contributed by atoms with Crippen molar-refractivity contribution in [1.82, 2.24) is 4.90 Å². The Bertz CT molecular complexity index is 683. The molecule has 1 saturated heterocycles. The van der Waals surface area contributed by atoms with Gasteiger partial charge in [0.05, 0.1) is 7.11 Å². The molecule has 22 heavy (non-hydrogen) atoms. The largest absolute Gasteiger partial charge is 0.497 e. The Kier molecular flexibility index (Phi) is 2.81. The van der Waals surface area contributed by atoms with Crippen LogP contribution < -0.4 is 4.74 Å². The normalized spacial score (nSPS) is 36.7. The standard InChI is InChI=1S/C18H21NO3/c1-19-8-7-17-11-13(20)5-6-18(17,21)16(19)9-12-3-4-14(22-2)10-15(12)17/h3-6,10,16,21H,7-9,11H2,1-2H3/t16-,17-,18-/m1/s1. The van der Waals surface area contributed by atoms with Crippen LogP contribution in [0.1, 0.15) is 24.0 Å². The average molecular weight is 299 g/mol. The highest BCUT2D eigenvalue weighted by Crippen LogP contribution is 2.55. The molecule has 1 heterocycles. The number of nitrogens with zero attached hydrogens (tertiary/aromatic N) is 1. The van der Waals surface area contributed by atoms with Gasteiger partial charge in [-0.05, 0) is 61.8 Å². The van der Waals surface area contributed by atoms with Gasteiger partial charge in [0.25, 0.3) is 0 Å². The van der Waals surface area contributed by atoms with Crippen LogP contribution in [0.4, 0.5) is 0 Å². The molecule has 0 unspecified atom stereocenters. The second kappa shape index (κ2) is 4.43. The maximum atomic E-state index is 12.2. The van der Waals surface area contributed by atoms with Gasteiger partial charge in [-0.15, -0.1) is 0 Å². The number of benzene rings is 1. The number of carbonyl (C=O) groups excluding carboxylic acids is 1. The number of likely N-dealkylation sites (tertiary alicyclic amines) is 1. The summed E-state index contributed by atoms with van der Waals surface area (Å²) in [6.07, 6.45) is 5.28. The first kappa shape index (κ1) is 14.0. The lowest BCUT2D eigenvalue weighted by Crippen LogP contribution is -2.71. The number of piperidine rings is 1. The molecule has 0 amide bonds. The fourth-order valence-corrected chi connectivity index (χ4v) is 4.73. The molecule has 3 atom stereocenters. The topological polar surface area (TPSA) is 49.8 Å². The summed E-state index contributed by atoms with van der Waals surface area (Å²) in [7, 11) is 3.71. The molecule has 4 rings (SSSR count). The summed E-state index contributed by atoms with van der Waals surface area (Å²) in [6, 6.07) is 6.10. The van der Waals surface area contributed by atoms with E-state index in [-0.39, 0.29) is 11.8 Å². The van der Waals surface area contributed by atoms with Crippen molar-refractivity contribution in [3.63, 3.8) is 0 Å². The van der Waals surface area contributed by atoms with Crippen molar-refractivity contribution in [1.29, 1.82) is 0 Å². The number of fused-ring (bicyclic) bond motifs is 1. The van der Waals surface area contributed by atoms with Crippen LogP contribution in [0.3, 0.4) is 0 Å². The number of carbonyl (C=O) groups is 1. The third-order valence-corrected chi connectivity index (χ3v) is 5.94. The molecule has 1 aromatic carbocycles. The number of rotatable bonds is 1. The van der Waals surface area contributed by atoms with E-state index in [9.17, 15) is 9.90 Å². The highest BCUT2D eigenvalue weighted by molar-refractivity contribution is 5.93. The van der Waals surface area contributed by atoms with Crippen molar-refractivity contribution >= 4 is 5.78 Å². The number of methoxy groups -OCH3 is 1. The molecule has 2 bridgehead atoms. The van der Waals surface area contributed by atoms with Gasteiger partial charge in [-0.25, -0.2) is 0 Å². The zero-order chi connectivity index (χ0) is 15.5. The molecule has 4 nitrogen and oxygen atoms in total. The quantitative estimate of drug-likeness (QED) is 0.853. The molecule has 116 valence electrons. The second-order valence-corrected chi connectivity index (χ2v) is 6.86. The van der Waals surface area contributed by atoms with Crippen LogP contribution in [0.2, 0.25) is 0 Å². The minimum atomic E-state index is -0.979. The third-order valence-electron chi connectivity index (χ3n) is 5.94. The van der Waals surface area contributed by atoms with E-state index in [1.54, 1.807) is 19.3 Å². The highest BCUT2D eigenvalue weighted by Gasteiger charge is 2.62. The van der Waals surface area contributed by atoms with Crippen molar-refractivity contribution < 1.29 is 14.6 Å². The number of ketones is 1. The number of ether oxygens (including phenoxy) is 1. The van der Waals surface area contributed by atoms with Crippen LogP contribution in [0.5, 0.6) is 5.75 Å². The first-order valence-corrected chi connectivity index (χ1v) is 7.82. The molecule has 1 aliphatic heterocycles. The van der Waals surface area contributed by atoms with Gasteiger partial charge in [-0.3, -0.25) is 9.69 Å². The lowest BCUT2D eigenvalue weighted by Gasteiger charge is -2.61. The van der Waals surface area contributed by atoms with Gasteiger partial charge in [0.2, 0.25) is 0 Å². The maximum Gasteiger partial charge on any atom is 0.156 e. The van der Waals surface area contributed by atoms with Gasteiger partial charge in [0.1, 0.15) is 11.4 Å².